The molecular weight excluding hydrogens is 729 g/mol. The lowest BCUT2D eigenvalue weighted by atomic mass is 9.99. The van der Waals surface area contributed by atoms with Crippen molar-refractivity contribution >= 4 is 75.1 Å². The monoisotopic (exact) mass is 758 g/mol. The standard InChI is InChI=1S/C52H30N4OS/c1-2-12-32(13-3-1)50-54-51(56-52(55-50)37-17-10-16-36(28-37)38-20-11-21-40-39-18-6-8-22-44(39)57-48(38)40)33-26-24-31(25-27-33)47-46-41-19-7-9-23-45(41)58-49(46)42-29-34-14-4-5-15-35(34)30-43(42)53-47/h1-30H. The molecule has 0 N–H and O–H groups in total. The van der Waals surface area contributed by atoms with Gasteiger partial charge in [-0.2, -0.15) is 0 Å². The van der Waals surface area contributed by atoms with Crippen LogP contribution in [0.4, 0.5) is 0 Å². The fourth-order valence-corrected chi connectivity index (χ4v) is 9.51. The second-order valence-corrected chi connectivity index (χ2v) is 15.6. The Kier molecular flexibility index (Phi) is 7.33. The van der Waals surface area contributed by atoms with Gasteiger partial charge in [-0.25, -0.2) is 19.9 Å². The number of fused-ring (bicyclic) bond motifs is 9. The van der Waals surface area contributed by atoms with Crippen molar-refractivity contribution in [3.05, 3.63) is 182 Å². The molecule has 0 saturated heterocycles. The molecule has 12 rings (SSSR count). The Morgan fingerprint density at radius 1 is 0.397 bits per heavy atom. The van der Waals surface area contributed by atoms with Gasteiger partial charge in [-0.05, 0) is 46.7 Å². The fourth-order valence-electron chi connectivity index (χ4n) is 8.29. The maximum absolute atomic E-state index is 6.41. The van der Waals surface area contributed by atoms with Crippen molar-refractivity contribution in [1.82, 2.24) is 19.9 Å². The van der Waals surface area contributed by atoms with E-state index in [2.05, 4.69) is 133 Å². The summed E-state index contributed by atoms with van der Waals surface area (Å²) in [6.07, 6.45) is 0. The van der Waals surface area contributed by atoms with Gasteiger partial charge in [0.1, 0.15) is 11.2 Å². The van der Waals surface area contributed by atoms with E-state index in [9.17, 15) is 0 Å². The van der Waals surface area contributed by atoms with Gasteiger partial charge in [-0.1, -0.05) is 152 Å². The summed E-state index contributed by atoms with van der Waals surface area (Å²) in [7, 11) is 0. The molecule has 0 aliphatic heterocycles. The summed E-state index contributed by atoms with van der Waals surface area (Å²) in [5.41, 5.74) is 9.50. The van der Waals surface area contributed by atoms with Crippen LogP contribution in [-0.4, -0.2) is 19.9 Å². The number of para-hydroxylation sites is 2. The molecule has 0 radical (unpaired) electrons. The first-order chi connectivity index (χ1) is 28.7. The van der Waals surface area contributed by atoms with Gasteiger partial charge in [-0.3, -0.25) is 0 Å². The lowest BCUT2D eigenvalue weighted by molar-refractivity contribution is 0.670. The molecule has 6 heteroatoms. The van der Waals surface area contributed by atoms with E-state index in [0.29, 0.717) is 17.5 Å². The van der Waals surface area contributed by atoms with Gasteiger partial charge < -0.3 is 4.42 Å². The summed E-state index contributed by atoms with van der Waals surface area (Å²) in [6, 6.07) is 63.1. The molecule has 5 nitrogen and oxygen atoms in total. The maximum Gasteiger partial charge on any atom is 0.164 e. The Labute approximate surface area is 336 Å². The highest BCUT2D eigenvalue weighted by Gasteiger charge is 2.19. The van der Waals surface area contributed by atoms with Crippen LogP contribution in [0.1, 0.15) is 0 Å². The van der Waals surface area contributed by atoms with E-state index in [-0.39, 0.29) is 0 Å². The van der Waals surface area contributed by atoms with Crippen molar-refractivity contribution in [1.29, 1.82) is 0 Å². The van der Waals surface area contributed by atoms with Crippen molar-refractivity contribution in [2.75, 3.05) is 0 Å². The Bertz CT molecular complexity index is 3570. The molecule has 4 aromatic heterocycles. The SMILES string of the molecule is c1ccc(-c2nc(-c3ccc(-c4nc5cc6ccccc6cc5c5sc6ccccc6c45)cc3)nc(-c3cccc(-c4cccc5c4oc4ccccc45)c3)n2)cc1. The Morgan fingerprint density at radius 3 is 1.83 bits per heavy atom. The second kappa shape index (κ2) is 13.0. The highest BCUT2D eigenvalue weighted by Crippen LogP contribution is 2.44. The molecule has 8 aromatic carbocycles. The first-order valence-corrected chi connectivity index (χ1v) is 20.1. The Balaban J connectivity index is 0.993. The van der Waals surface area contributed by atoms with Crippen LogP contribution in [-0.2, 0) is 0 Å². The molecule has 4 heterocycles. The largest absolute Gasteiger partial charge is 0.455 e. The van der Waals surface area contributed by atoms with Crippen LogP contribution < -0.4 is 0 Å². The third-order valence-corrected chi connectivity index (χ3v) is 12.3. The zero-order valence-electron chi connectivity index (χ0n) is 30.9. The molecule has 0 unspecified atom stereocenters. The van der Waals surface area contributed by atoms with Crippen molar-refractivity contribution < 1.29 is 4.42 Å². The molecule has 58 heavy (non-hydrogen) atoms. The van der Waals surface area contributed by atoms with Crippen LogP contribution in [0, 0.1) is 0 Å². The predicted octanol–water partition coefficient (Wildman–Crippen LogP) is 14.2. The molecule has 270 valence electrons. The normalized spacial score (nSPS) is 11.8. The molecule has 0 amide bonds. The van der Waals surface area contributed by atoms with Gasteiger partial charge in [0.2, 0.25) is 0 Å². The predicted molar refractivity (Wildman–Crippen MR) is 240 cm³/mol. The summed E-state index contributed by atoms with van der Waals surface area (Å²) in [4.78, 5) is 20.6. The van der Waals surface area contributed by atoms with Crippen LogP contribution in [0.2, 0.25) is 0 Å². The molecule has 0 spiro atoms. The number of nitrogens with zero attached hydrogens (tertiary/aromatic N) is 4. The molecule has 0 bridgehead atoms. The van der Waals surface area contributed by atoms with Crippen molar-refractivity contribution in [2.24, 2.45) is 0 Å². The molecular formula is C52H30N4OS. The van der Waals surface area contributed by atoms with Crippen molar-refractivity contribution in [3.63, 3.8) is 0 Å². The van der Waals surface area contributed by atoms with E-state index in [1.807, 2.05) is 59.9 Å². The number of aromatic nitrogens is 4. The van der Waals surface area contributed by atoms with Crippen LogP contribution >= 0.6 is 11.3 Å². The van der Waals surface area contributed by atoms with Gasteiger partial charge >= 0.3 is 0 Å². The number of benzene rings is 8. The van der Waals surface area contributed by atoms with Crippen LogP contribution in [0.25, 0.3) is 120 Å². The minimum atomic E-state index is 0.599. The van der Waals surface area contributed by atoms with Gasteiger partial charge in [0.15, 0.2) is 17.5 Å². The van der Waals surface area contributed by atoms with Crippen LogP contribution in [0.15, 0.2) is 186 Å². The van der Waals surface area contributed by atoms with E-state index >= 15 is 0 Å². The maximum atomic E-state index is 6.41. The van der Waals surface area contributed by atoms with Crippen LogP contribution in [0.5, 0.6) is 0 Å². The second-order valence-electron chi connectivity index (χ2n) is 14.6. The topological polar surface area (TPSA) is 64.7 Å². The lowest BCUT2D eigenvalue weighted by Crippen LogP contribution is -2.00. The summed E-state index contributed by atoms with van der Waals surface area (Å²) >= 11 is 1.84. The first kappa shape index (κ1) is 32.7. The van der Waals surface area contributed by atoms with Crippen molar-refractivity contribution in [2.45, 2.75) is 0 Å². The number of hydrogen-bond acceptors (Lipinski definition) is 6. The number of furan rings is 1. The van der Waals surface area contributed by atoms with Gasteiger partial charge in [0.05, 0.1) is 11.2 Å². The van der Waals surface area contributed by atoms with Crippen LogP contribution in [0.3, 0.4) is 0 Å². The minimum Gasteiger partial charge on any atom is -0.455 e. The molecule has 0 atom stereocenters. The molecule has 12 aromatic rings. The van der Waals surface area contributed by atoms with Gasteiger partial charge in [0, 0.05) is 64.1 Å². The smallest absolute Gasteiger partial charge is 0.164 e. The minimum absolute atomic E-state index is 0.599. The highest BCUT2D eigenvalue weighted by molar-refractivity contribution is 7.26. The average Bonchev–Trinajstić information content (AvgIpc) is 3.88. The summed E-state index contributed by atoms with van der Waals surface area (Å²) in [6.45, 7) is 0. The van der Waals surface area contributed by atoms with E-state index < -0.39 is 0 Å². The third kappa shape index (κ3) is 5.30. The number of rotatable bonds is 5. The number of pyridine rings is 1. The lowest BCUT2D eigenvalue weighted by Gasteiger charge is -2.11. The zero-order valence-corrected chi connectivity index (χ0v) is 31.7. The summed E-state index contributed by atoms with van der Waals surface area (Å²) < 4.78 is 8.92. The van der Waals surface area contributed by atoms with Gasteiger partial charge in [0.25, 0.3) is 0 Å². The number of hydrogen-bond donors (Lipinski definition) is 0. The third-order valence-electron chi connectivity index (χ3n) is 11.1. The number of thiophene rings is 1. The van der Waals surface area contributed by atoms with Crippen molar-refractivity contribution in [3.8, 4) is 56.5 Å². The fraction of sp³-hybridized carbons (Fsp3) is 0. The first-order valence-electron chi connectivity index (χ1n) is 19.3. The van der Waals surface area contributed by atoms with E-state index in [4.69, 9.17) is 24.4 Å². The summed E-state index contributed by atoms with van der Waals surface area (Å²) in [5, 5.41) is 8.18. The molecule has 0 aliphatic rings. The van der Waals surface area contributed by atoms with E-state index in [1.54, 1.807) is 0 Å². The average molecular weight is 759 g/mol. The van der Waals surface area contributed by atoms with E-state index in [0.717, 1.165) is 66.5 Å². The van der Waals surface area contributed by atoms with Gasteiger partial charge in [-0.15, -0.1) is 11.3 Å². The molecule has 0 saturated carbocycles. The Morgan fingerprint density at radius 2 is 1.00 bits per heavy atom. The quantitative estimate of drug-likeness (QED) is 0.164. The zero-order chi connectivity index (χ0) is 38.2. The highest BCUT2D eigenvalue weighted by atomic mass is 32.1. The molecule has 0 aliphatic carbocycles. The van der Waals surface area contributed by atoms with E-state index in [1.165, 1.54) is 36.3 Å². The molecule has 0 fully saturated rings. The summed E-state index contributed by atoms with van der Waals surface area (Å²) in [5.74, 6) is 1.81. The Hall–Kier alpha value is -7.54.